The Morgan fingerprint density at radius 1 is 1.10 bits per heavy atom. The highest BCUT2D eigenvalue weighted by molar-refractivity contribution is 5.80. The number of likely N-dealkylation sites (tertiary alicyclic amines) is 1. The number of ether oxygens (including phenoxy) is 2. The van der Waals surface area contributed by atoms with Crippen molar-refractivity contribution in [3.8, 4) is 17.2 Å². The molecular weight excluding hydrogens is 399 g/mol. The molecule has 0 saturated carbocycles. The highest BCUT2D eigenvalue weighted by Gasteiger charge is 2.20. The van der Waals surface area contributed by atoms with E-state index in [9.17, 15) is 9.50 Å². The van der Waals surface area contributed by atoms with Gasteiger partial charge in [0, 0.05) is 39.3 Å². The lowest BCUT2D eigenvalue weighted by Crippen LogP contribution is -2.48. The van der Waals surface area contributed by atoms with Crippen molar-refractivity contribution in [1.82, 2.24) is 15.5 Å². The Labute approximate surface area is 182 Å². The molecule has 3 N–H and O–H groups in total. The van der Waals surface area contributed by atoms with Crippen LogP contribution in [0.15, 0.2) is 41.4 Å². The van der Waals surface area contributed by atoms with Crippen molar-refractivity contribution in [2.45, 2.75) is 32.0 Å². The number of piperidine rings is 1. The molecule has 0 unspecified atom stereocenters. The molecule has 31 heavy (non-hydrogen) atoms. The van der Waals surface area contributed by atoms with E-state index in [1.165, 1.54) is 26.4 Å². The van der Waals surface area contributed by atoms with Crippen LogP contribution >= 0.6 is 0 Å². The van der Waals surface area contributed by atoms with E-state index in [1.54, 1.807) is 19.2 Å². The molecule has 1 fully saturated rings. The third kappa shape index (κ3) is 6.24. The van der Waals surface area contributed by atoms with E-state index in [4.69, 9.17) is 9.47 Å². The van der Waals surface area contributed by atoms with Gasteiger partial charge in [-0.2, -0.15) is 0 Å². The van der Waals surface area contributed by atoms with E-state index in [-0.39, 0.29) is 11.6 Å². The molecule has 1 aliphatic rings. The zero-order valence-corrected chi connectivity index (χ0v) is 18.3. The number of phenolic OH excluding ortho intramolecular Hbond substituents is 1. The van der Waals surface area contributed by atoms with Crippen molar-refractivity contribution in [3.05, 3.63) is 53.3 Å². The van der Waals surface area contributed by atoms with Crippen LogP contribution in [0.5, 0.6) is 17.2 Å². The number of guanidine groups is 1. The van der Waals surface area contributed by atoms with Crippen LogP contribution in [0.2, 0.25) is 0 Å². The lowest BCUT2D eigenvalue weighted by molar-refractivity contribution is 0.198. The first kappa shape index (κ1) is 22.7. The lowest BCUT2D eigenvalue weighted by Gasteiger charge is -2.33. The number of nitrogens with zero attached hydrogens (tertiary/aromatic N) is 2. The quantitative estimate of drug-likeness (QED) is 0.463. The normalized spacial score (nSPS) is 15.5. The number of benzene rings is 2. The molecule has 8 heteroatoms. The van der Waals surface area contributed by atoms with Crippen molar-refractivity contribution >= 4 is 5.96 Å². The molecule has 3 rings (SSSR count). The van der Waals surface area contributed by atoms with E-state index >= 15 is 0 Å². The van der Waals surface area contributed by atoms with Gasteiger partial charge in [-0.25, -0.2) is 4.39 Å². The topological polar surface area (TPSA) is 78.4 Å². The number of hydrogen-bond acceptors (Lipinski definition) is 5. The summed E-state index contributed by atoms with van der Waals surface area (Å²) in [5.41, 5.74) is 2.04. The Balaban J connectivity index is 1.48. The van der Waals surface area contributed by atoms with Crippen LogP contribution < -0.4 is 20.1 Å². The van der Waals surface area contributed by atoms with Crippen molar-refractivity contribution in [1.29, 1.82) is 0 Å². The summed E-state index contributed by atoms with van der Waals surface area (Å²) in [6.45, 7) is 3.29. The Bertz CT molecular complexity index is 856. The fourth-order valence-electron chi connectivity index (χ4n) is 3.71. The molecule has 0 radical (unpaired) electrons. The molecule has 0 bridgehead atoms. The smallest absolute Gasteiger partial charge is 0.200 e. The minimum atomic E-state index is -0.199. The van der Waals surface area contributed by atoms with Gasteiger partial charge in [-0.05, 0) is 48.2 Å². The van der Waals surface area contributed by atoms with E-state index in [2.05, 4.69) is 20.5 Å². The first-order valence-corrected chi connectivity index (χ1v) is 10.4. The monoisotopic (exact) mass is 430 g/mol. The molecule has 1 aliphatic heterocycles. The van der Waals surface area contributed by atoms with Crippen LogP contribution in [0.1, 0.15) is 24.0 Å². The van der Waals surface area contributed by atoms with E-state index in [1.807, 2.05) is 12.1 Å². The summed E-state index contributed by atoms with van der Waals surface area (Å²) in [4.78, 5) is 6.71. The number of aromatic hydroxyl groups is 1. The summed E-state index contributed by atoms with van der Waals surface area (Å²) in [5, 5.41) is 16.8. The fraction of sp³-hybridized carbons (Fsp3) is 0.435. The Morgan fingerprint density at radius 3 is 2.26 bits per heavy atom. The Hall–Kier alpha value is -3.00. The molecule has 0 aromatic heterocycles. The maximum absolute atomic E-state index is 13.1. The number of methoxy groups -OCH3 is 2. The number of nitrogens with one attached hydrogen (secondary N) is 2. The van der Waals surface area contributed by atoms with Gasteiger partial charge in [-0.1, -0.05) is 12.1 Å². The molecule has 1 saturated heterocycles. The van der Waals surface area contributed by atoms with Gasteiger partial charge in [-0.15, -0.1) is 0 Å². The maximum atomic E-state index is 13.1. The molecule has 168 valence electrons. The standard InChI is InChI=1S/C23H31FN4O3/c1-25-23(26-14-17-12-20(30-2)22(29)21(13-17)31-3)27-19-8-10-28(11-9-19)15-16-4-6-18(24)7-5-16/h4-7,12-13,19,29H,8-11,14-15H2,1-3H3,(H2,25,26,27). The lowest BCUT2D eigenvalue weighted by atomic mass is 10.0. The highest BCUT2D eigenvalue weighted by Crippen LogP contribution is 2.37. The SMILES string of the molecule is CN=C(NCc1cc(OC)c(O)c(OC)c1)NC1CCN(Cc2ccc(F)cc2)CC1. The second-order valence-electron chi connectivity index (χ2n) is 7.60. The van der Waals surface area contributed by atoms with Gasteiger partial charge in [0.1, 0.15) is 5.82 Å². The summed E-state index contributed by atoms with van der Waals surface area (Å²) in [6, 6.07) is 10.6. The fourth-order valence-corrected chi connectivity index (χ4v) is 3.71. The highest BCUT2D eigenvalue weighted by atomic mass is 19.1. The van der Waals surface area contributed by atoms with Crippen LogP contribution in [0.3, 0.4) is 0 Å². The summed E-state index contributed by atoms with van der Waals surface area (Å²) < 4.78 is 23.5. The van der Waals surface area contributed by atoms with Gasteiger partial charge >= 0.3 is 0 Å². The van der Waals surface area contributed by atoms with E-state index in [0.29, 0.717) is 24.1 Å². The second kappa shape index (κ2) is 10.9. The van der Waals surface area contributed by atoms with Crippen LogP contribution in [0.25, 0.3) is 0 Å². The Kier molecular flexibility index (Phi) is 7.94. The average Bonchev–Trinajstić information content (AvgIpc) is 2.80. The molecule has 0 aliphatic carbocycles. The molecule has 2 aromatic rings. The zero-order chi connectivity index (χ0) is 22.2. The van der Waals surface area contributed by atoms with Gasteiger partial charge in [0.25, 0.3) is 0 Å². The Morgan fingerprint density at radius 2 is 1.71 bits per heavy atom. The predicted molar refractivity (Wildman–Crippen MR) is 119 cm³/mol. The summed E-state index contributed by atoms with van der Waals surface area (Å²) in [5.74, 6) is 1.25. The van der Waals surface area contributed by atoms with Crippen LogP contribution in [-0.4, -0.2) is 56.4 Å². The number of halogens is 1. The van der Waals surface area contributed by atoms with Gasteiger partial charge in [-0.3, -0.25) is 9.89 Å². The molecule has 7 nitrogen and oxygen atoms in total. The molecule has 2 aromatic carbocycles. The number of hydrogen-bond donors (Lipinski definition) is 3. The van der Waals surface area contributed by atoms with Crippen LogP contribution in [-0.2, 0) is 13.1 Å². The van der Waals surface area contributed by atoms with Crippen LogP contribution in [0, 0.1) is 5.82 Å². The summed E-state index contributed by atoms with van der Waals surface area (Å²) >= 11 is 0. The molecule has 0 amide bonds. The largest absolute Gasteiger partial charge is 0.502 e. The van der Waals surface area contributed by atoms with E-state index < -0.39 is 0 Å². The van der Waals surface area contributed by atoms with Crippen molar-refractivity contribution in [2.75, 3.05) is 34.4 Å². The molecule has 0 spiro atoms. The van der Waals surface area contributed by atoms with Gasteiger partial charge < -0.3 is 25.2 Å². The third-order valence-corrected chi connectivity index (χ3v) is 5.47. The number of phenols is 1. The minimum Gasteiger partial charge on any atom is -0.502 e. The zero-order valence-electron chi connectivity index (χ0n) is 18.3. The van der Waals surface area contributed by atoms with Crippen LogP contribution in [0.4, 0.5) is 4.39 Å². The predicted octanol–water partition coefficient (Wildman–Crippen LogP) is 2.88. The first-order valence-electron chi connectivity index (χ1n) is 10.4. The van der Waals surface area contributed by atoms with Crippen molar-refractivity contribution in [3.63, 3.8) is 0 Å². The second-order valence-corrected chi connectivity index (χ2v) is 7.60. The molecular formula is C23H31FN4O3. The van der Waals surface area contributed by atoms with E-state index in [0.717, 1.165) is 49.6 Å². The molecule has 0 atom stereocenters. The molecule has 1 heterocycles. The average molecular weight is 431 g/mol. The first-order chi connectivity index (χ1) is 15.0. The van der Waals surface area contributed by atoms with Gasteiger partial charge in [0.15, 0.2) is 17.5 Å². The van der Waals surface area contributed by atoms with Crippen molar-refractivity contribution in [2.24, 2.45) is 4.99 Å². The minimum absolute atomic E-state index is 0.0105. The number of rotatable bonds is 7. The van der Waals surface area contributed by atoms with Gasteiger partial charge in [0.2, 0.25) is 5.75 Å². The summed E-state index contributed by atoms with van der Waals surface area (Å²) in [7, 11) is 4.76. The van der Waals surface area contributed by atoms with Crippen molar-refractivity contribution < 1.29 is 19.0 Å². The number of aliphatic imine (C=N–C) groups is 1. The third-order valence-electron chi connectivity index (χ3n) is 5.47. The van der Waals surface area contributed by atoms with Gasteiger partial charge in [0.05, 0.1) is 14.2 Å². The summed E-state index contributed by atoms with van der Waals surface area (Å²) in [6.07, 6.45) is 2.01. The maximum Gasteiger partial charge on any atom is 0.200 e.